The Morgan fingerprint density at radius 3 is 2.54 bits per heavy atom. The van der Waals surface area contributed by atoms with Crippen molar-refractivity contribution in [2.24, 2.45) is 0 Å². The van der Waals surface area contributed by atoms with Gasteiger partial charge in [-0.2, -0.15) is 5.10 Å². The van der Waals surface area contributed by atoms with Crippen LogP contribution in [0.1, 0.15) is 20.8 Å². The maximum atomic E-state index is 12.2. The molecule has 0 aliphatic carbocycles. The number of anilines is 1. The minimum atomic E-state index is -0.462. The molecule has 2 aromatic rings. The lowest BCUT2D eigenvalue weighted by molar-refractivity contribution is 0.0240. The highest BCUT2D eigenvalue weighted by molar-refractivity contribution is 14.1. The Balaban J connectivity index is 1.74. The molecule has 128 valence electrons. The molecule has 1 saturated heterocycles. The summed E-state index contributed by atoms with van der Waals surface area (Å²) in [7, 11) is 0. The number of fused-ring (bicyclic) bond motifs is 1. The van der Waals surface area contributed by atoms with Gasteiger partial charge in [-0.3, -0.25) is 0 Å². The molecular weight excluding hydrogens is 419 g/mol. The van der Waals surface area contributed by atoms with Gasteiger partial charge < -0.3 is 14.5 Å². The van der Waals surface area contributed by atoms with Crippen molar-refractivity contribution < 1.29 is 9.53 Å². The van der Waals surface area contributed by atoms with Gasteiger partial charge in [0, 0.05) is 35.1 Å². The van der Waals surface area contributed by atoms with Crippen LogP contribution >= 0.6 is 22.6 Å². The van der Waals surface area contributed by atoms with Gasteiger partial charge in [-0.1, -0.05) is 0 Å². The average Bonchev–Trinajstić information content (AvgIpc) is 2.54. The third kappa shape index (κ3) is 3.71. The average molecular weight is 440 g/mol. The van der Waals surface area contributed by atoms with Crippen LogP contribution in [0.3, 0.4) is 0 Å². The topological polar surface area (TPSA) is 58.6 Å². The van der Waals surface area contributed by atoms with Crippen molar-refractivity contribution in [1.82, 2.24) is 15.1 Å². The van der Waals surface area contributed by atoms with E-state index in [0.717, 1.165) is 33.3 Å². The molecule has 3 rings (SSSR count). The summed E-state index contributed by atoms with van der Waals surface area (Å²) in [5.41, 5.74) is 1.52. The number of halogens is 1. The molecule has 0 unspecified atom stereocenters. The van der Waals surface area contributed by atoms with Crippen molar-refractivity contribution in [3.05, 3.63) is 28.0 Å². The first-order valence-electron chi connectivity index (χ1n) is 7.98. The van der Waals surface area contributed by atoms with E-state index in [1.807, 2.05) is 26.8 Å². The summed E-state index contributed by atoms with van der Waals surface area (Å²) in [6, 6.07) is 6.17. The maximum absolute atomic E-state index is 12.2. The smallest absolute Gasteiger partial charge is 0.410 e. The highest BCUT2D eigenvalue weighted by atomic mass is 127. The van der Waals surface area contributed by atoms with Crippen LogP contribution in [0, 0.1) is 3.57 Å². The molecule has 7 heteroatoms. The molecule has 1 aromatic carbocycles. The second-order valence-electron chi connectivity index (χ2n) is 6.81. The van der Waals surface area contributed by atoms with Crippen molar-refractivity contribution >= 4 is 45.3 Å². The van der Waals surface area contributed by atoms with Gasteiger partial charge in [0.1, 0.15) is 11.1 Å². The molecule has 0 radical (unpaired) electrons. The predicted octanol–water partition coefficient (Wildman–Crippen LogP) is 3.29. The Morgan fingerprint density at radius 2 is 1.88 bits per heavy atom. The summed E-state index contributed by atoms with van der Waals surface area (Å²) < 4.78 is 6.61. The van der Waals surface area contributed by atoms with Gasteiger partial charge >= 0.3 is 6.09 Å². The van der Waals surface area contributed by atoms with Crippen LogP contribution < -0.4 is 4.90 Å². The largest absolute Gasteiger partial charge is 0.444 e. The number of nitrogens with zero attached hydrogens (tertiary/aromatic N) is 4. The van der Waals surface area contributed by atoms with E-state index in [1.165, 1.54) is 0 Å². The zero-order valence-electron chi connectivity index (χ0n) is 14.1. The molecule has 1 aliphatic heterocycles. The summed E-state index contributed by atoms with van der Waals surface area (Å²) in [5, 5.41) is 9.46. The molecule has 2 heterocycles. The molecule has 0 spiro atoms. The molecule has 24 heavy (non-hydrogen) atoms. The zero-order valence-corrected chi connectivity index (χ0v) is 16.3. The van der Waals surface area contributed by atoms with Gasteiger partial charge in [0.2, 0.25) is 0 Å². The van der Waals surface area contributed by atoms with Gasteiger partial charge in [0.25, 0.3) is 0 Å². The fraction of sp³-hybridized carbons (Fsp3) is 0.471. The number of carbonyl (C=O) groups excluding carboxylic acids is 1. The lowest BCUT2D eigenvalue weighted by Gasteiger charge is -2.37. The van der Waals surface area contributed by atoms with Gasteiger partial charge in [0.15, 0.2) is 0 Å². The number of piperazine rings is 1. The second-order valence-corrected chi connectivity index (χ2v) is 7.98. The first kappa shape index (κ1) is 17.2. The minimum absolute atomic E-state index is 0.241. The summed E-state index contributed by atoms with van der Waals surface area (Å²) in [6.45, 7) is 8.45. The van der Waals surface area contributed by atoms with E-state index in [-0.39, 0.29) is 6.09 Å². The van der Waals surface area contributed by atoms with E-state index >= 15 is 0 Å². The highest BCUT2D eigenvalue weighted by Crippen LogP contribution is 2.29. The molecule has 0 atom stereocenters. The highest BCUT2D eigenvalue weighted by Gasteiger charge is 2.26. The van der Waals surface area contributed by atoms with Crippen LogP contribution in [-0.4, -0.2) is 53.0 Å². The predicted molar refractivity (Wildman–Crippen MR) is 102 cm³/mol. The van der Waals surface area contributed by atoms with E-state index in [0.29, 0.717) is 13.1 Å². The van der Waals surface area contributed by atoms with Crippen LogP contribution in [0.25, 0.3) is 10.9 Å². The number of ether oxygens (including phenoxy) is 1. The molecule has 0 saturated carbocycles. The van der Waals surface area contributed by atoms with E-state index < -0.39 is 5.60 Å². The zero-order chi connectivity index (χ0) is 17.3. The lowest BCUT2D eigenvalue weighted by Crippen LogP contribution is -2.50. The molecule has 0 N–H and O–H groups in total. The first-order chi connectivity index (χ1) is 11.3. The first-order valence-corrected chi connectivity index (χ1v) is 9.06. The van der Waals surface area contributed by atoms with Gasteiger partial charge in [-0.25, -0.2) is 4.79 Å². The molecule has 1 aromatic heterocycles. The van der Waals surface area contributed by atoms with E-state index in [4.69, 9.17) is 4.74 Å². The Labute approximate surface area is 155 Å². The summed E-state index contributed by atoms with van der Waals surface area (Å²) >= 11 is 2.31. The molecule has 1 fully saturated rings. The Morgan fingerprint density at radius 1 is 1.17 bits per heavy atom. The van der Waals surface area contributed by atoms with Gasteiger partial charge in [-0.15, -0.1) is 5.10 Å². The SMILES string of the molecule is CC(C)(C)OC(=O)N1CCN(c2ccc(I)c3ccnnc23)CC1. The molecule has 0 bridgehead atoms. The maximum Gasteiger partial charge on any atom is 0.410 e. The standard InChI is InChI=1S/C17H21IN4O2/c1-17(2,3)24-16(23)22-10-8-21(9-11-22)14-5-4-13(18)12-6-7-19-20-15(12)14/h4-7H,8-11H2,1-3H3. The molecule has 1 aliphatic rings. The Kier molecular flexibility index (Phi) is 4.80. The Bertz CT molecular complexity index is 752. The van der Waals surface area contributed by atoms with Crippen molar-refractivity contribution in [2.45, 2.75) is 26.4 Å². The van der Waals surface area contributed by atoms with Crippen LogP contribution in [0.2, 0.25) is 0 Å². The van der Waals surface area contributed by atoms with E-state index in [2.05, 4.69) is 49.8 Å². The third-order valence-corrected chi connectivity index (χ3v) is 4.82. The number of amides is 1. The summed E-state index contributed by atoms with van der Waals surface area (Å²) in [4.78, 5) is 16.2. The fourth-order valence-electron chi connectivity index (χ4n) is 2.75. The number of aromatic nitrogens is 2. The van der Waals surface area contributed by atoms with Crippen molar-refractivity contribution in [3.63, 3.8) is 0 Å². The van der Waals surface area contributed by atoms with Gasteiger partial charge in [-0.05, 0) is 61.6 Å². The second kappa shape index (κ2) is 6.70. The number of hydrogen-bond acceptors (Lipinski definition) is 5. The fourth-order valence-corrected chi connectivity index (χ4v) is 3.36. The third-order valence-electron chi connectivity index (χ3n) is 3.88. The van der Waals surface area contributed by atoms with Crippen molar-refractivity contribution in [3.8, 4) is 0 Å². The van der Waals surface area contributed by atoms with Crippen molar-refractivity contribution in [2.75, 3.05) is 31.1 Å². The Hall–Kier alpha value is -1.64. The summed E-state index contributed by atoms with van der Waals surface area (Å²) in [5.74, 6) is 0. The van der Waals surface area contributed by atoms with Crippen LogP contribution in [0.15, 0.2) is 24.4 Å². The minimum Gasteiger partial charge on any atom is -0.444 e. The van der Waals surface area contributed by atoms with Crippen LogP contribution in [0.4, 0.5) is 10.5 Å². The molecular formula is C17H21IN4O2. The quantitative estimate of drug-likeness (QED) is 0.638. The van der Waals surface area contributed by atoms with Gasteiger partial charge in [0.05, 0.1) is 11.9 Å². The molecule has 6 nitrogen and oxygen atoms in total. The monoisotopic (exact) mass is 440 g/mol. The normalized spacial score (nSPS) is 15.7. The summed E-state index contributed by atoms with van der Waals surface area (Å²) in [6.07, 6.45) is 1.48. The van der Waals surface area contributed by atoms with Crippen LogP contribution in [-0.2, 0) is 4.74 Å². The lowest BCUT2D eigenvalue weighted by atomic mass is 10.1. The number of benzene rings is 1. The molecule has 1 amide bonds. The van der Waals surface area contributed by atoms with E-state index in [1.54, 1.807) is 11.1 Å². The van der Waals surface area contributed by atoms with Crippen LogP contribution in [0.5, 0.6) is 0 Å². The number of carbonyl (C=O) groups is 1. The van der Waals surface area contributed by atoms with E-state index in [9.17, 15) is 4.79 Å². The number of rotatable bonds is 1. The van der Waals surface area contributed by atoms with Crippen molar-refractivity contribution in [1.29, 1.82) is 0 Å². The number of hydrogen-bond donors (Lipinski definition) is 0.